The highest BCUT2D eigenvalue weighted by Crippen LogP contribution is 2.34. The zero-order valence-electron chi connectivity index (χ0n) is 8.13. The molecule has 2 nitrogen and oxygen atoms in total. The molecule has 0 aromatic rings. The first-order valence-corrected chi connectivity index (χ1v) is 4.77. The van der Waals surface area contributed by atoms with E-state index < -0.39 is 5.92 Å². The van der Waals surface area contributed by atoms with Crippen LogP contribution in [0.25, 0.3) is 0 Å². The van der Waals surface area contributed by atoms with Crippen LogP contribution in [0.15, 0.2) is 0 Å². The minimum absolute atomic E-state index is 0.0109. The lowest BCUT2D eigenvalue weighted by molar-refractivity contribution is -0.174. The van der Waals surface area contributed by atoms with Gasteiger partial charge in [-0.05, 0) is 26.7 Å². The van der Waals surface area contributed by atoms with Crippen molar-refractivity contribution >= 4 is 0 Å². The smallest absolute Gasteiger partial charge is 0.248 e. The van der Waals surface area contributed by atoms with Crippen molar-refractivity contribution in [1.82, 2.24) is 5.06 Å². The summed E-state index contributed by atoms with van der Waals surface area (Å²) in [6, 6.07) is -0.0728. The van der Waals surface area contributed by atoms with Crippen molar-refractivity contribution in [2.45, 2.75) is 57.5 Å². The lowest BCUT2D eigenvalue weighted by atomic mass is 9.91. The van der Waals surface area contributed by atoms with Crippen LogP contribution >= 0.6 is 0 Å². The van der Waals surface area contributed by atoms with Crippen molar-refractivity contribution in [2.75, 3.05) is 0 Å². The Hall–Kier alpha value is -0.220. The highest BCUT2D eigenvalue weighted by molar-refractivity contribution is 4.81. The molecule has 0 aliphatic heterocycles. The molecule has 4 heteroatoms. The van der Waals surface area contributed by atoms with E-state index in [4.69, 9.17) is 0 Å². The molecule has 0 atom stereocenters. The molecule has 1 aliphatic rings. The van der Waals surface area contributed by atoms with Crippen molar-refractivity contribution in [1.29, 1.82) is 0 Å². The summed E-state index contributed by atoms with van der Waals surface area (Å²) in [6.07, 6.45) is 0.590. The van der Waals surface area contributed by atoms with E-state index >= 15 is 0 Å². The number of hydroxylamine groups is 2. The van der Waals surface area contributed by atoms with Gasteiger partial charge in [0, 0.05) is 24.9 Å². The number of hydrogen-bond acceptors (Lipinski definition) is 2. The first-order valence-electron chi connectivity index (χ1n) is 4.77. The molecule has 0 aromatic carbocycles. The van der Waals surface area contributed by atoms with Gasteiger partial charge in [0.05, 0.1) is 0 Å². The van der Waals surface area contributed by atoms with Crippen LogP contribution in [0, 0.1) is 0 Å². The second kappa shape index (κ2) is 3.88. The van der Waals surface area contributed by atoms with Gasteiger partial charge in [-0.3, -0.25) is 0 Å². The Morgan fingerprint density at radius 1 is 1.31 bits per heavy atom. The van der Waals surface area contributed by atoms with Crippen molar-refractivity contribution in [3.8, 4) is 0 Å². The molecule has 0 amide bonds. The molecule has 1 aliphatic carbocycles. The molecule has 0 saturated heterocycles. The monoisotopic (exact) mass is 193 g/mol. The fraction of sp³-hybridized carbons (Fsp3) is 1.00. The van der Waals surface area contributed by atoms with Crippen LogP contribution in [0.3, 0.4) is 0 Å². The summed E-state index contributed by atoms with van der Waals surface area (Å²) in [6.45, 7) is 3.71. The zero-order chi connectivity index (χ0) is 10.1. The van der Waals surface area contributed by atoms with E-state index in [1.807, 2.05) is 13.8 Å². The largest absolute Gasteiger partial charge is 0.313 e. The third kappa shape index (κ3) is 2.88. The third-order valence-corrected chi connectivity index (χ3v) is 2.59. The standard InChI is InChI=1S/C9H17F2NO/c1-7(2)12(13)8-3-5-9(10,11)6-4-8/h7-8,13H,3-6H2,1-2H3. The Balaban J connectivity index is 2.41. The van der Waals surface area contributed by atoms with Crippen molar-refractivity contribution < 1.29 is 14.0 Å². The van der Waals surface area contributed by atoms with Gasteiger partial charge in [-0.2, -0.15) is 5.06 Å². The average molecular weight is 193 g/mol. The van der Waals surface area contributed by atoms with Gasteiger partial charge in [0.25, 0.3) is 0 Å². The molecule has 0 spiro atoms. The lowest BCUT2D eigenvalue weighted by Gasteiger charge is -2.34. The van der Waals surface area contributed by atoms with Crippen LogP contribution in [0.5, 0.6) is 0 Å². The minimum Gasteiger partial charge on any atom is -0.313 e. The van der Waals surface area contributed by atoms with E-state index in [0.29, 0.717) is 12.8 Å². The second-order valence-electron chi connectivity index (χ2n) is 4.06. The predicted octanol–water partition coefficient (Wildman–Crippen LogP) is 2.66. The summed E-state index contributed by atoms with van der Waals surface area (Å²) in [4.78, 5) is 0. The molecule has 1 rings (SSSR count). The fourth-order valence-corrected chi connectivity index (χ4v) is 1.71. The molecule has 1 saturated carbocycles. The normalized spacial score (nSPS) is 24.2. The Kier molecular flexibility index (Phi) is 3.24. The van der Waals surface area contributed by atoms with Crippen molar-refractivity contribution in [3.63, 3.8) is 0 Å². The van der Waals surface area contributed by atoms with Crippen molar-refractivity contribution in [3.05, 3.63) is 0 Å². The molecule has 1 fully saturated rings. The van der Waals surface area contributed by atoms with E-state index in [2.05, 4.69) is 0 Å². The molecular formula is C9H17F2NO. The molecular weight excluding hydrogens is 176 g/mol. The highest BCUT2D eigenvalue weighted by Gasteiger charge is 2.37. The lowest BCUT2D eigenvalue weighted by Crippen LogP contribution is -2.42. The first-order chi connectivity index (χ1) is 5.92. The van der Waals surface area contributed by atoms with Gasteiger partial charge in [0.2, 0.25) is 5.92 Å². The molecule has 0 unspecified atom stereocenters. The summed E-state index contributed by atoms with van der Waals surface area (Å²) in [5, 5.41) is 10.7. The number of alkyl halides is 2. The van der Waals surface area contributed by atoms with Gasteiger partial charge in [-0.1, -0.05) is 0 Å². The predicted molar refractivity (Wildman–Crippen MR) is 46.0 cm³/mol. The summed E-state index contributed by atoms with van der Waals surface area (Å²) in [7, 11) is 0. The van der Waals surface area contributed by atoms with E-state index in [1.165, 1.54) is 5.06 Å². The molecule has 13 heavy (non-hydrogen) atoms. The number of hydrogen-bond donors (Lipinski definition) is 1. The summed E-state index contributed by atoms with van der Waals surface area (Å²) < 4.78 is 25.5. The zero-order valence-corrected chi connectivity index (χ0v) is 8.13. The number of halogens is 2. The maximum atomic E-state index is 12.7. The molecule has 1 N–H and O–H groups in total. The van der Waals surface area contributed by atoms with E-state index in [-0.39, 0.29) is 24.9 Å². The number of rotatable bonds is 2. The number of nitrogens with zero attached hydrogens (tertiary/aromatic N) is 1. The topological polar surface area (TPSA) is 23.5 Å². The molecule has 0 bridgehead atoms. The Labute approximate surface area is 77.5 Å². The van der Waals surface area contributed by atoms with Gasteiger partial charge in [0.1, 0.15) is 0 Å². The quantitative estimate of drug-likeness (QED) is 0.681. The maximum absolute atomic E-state index is 12.7. The summed E-state index contributed by atoms with van der Waals surface area (Å²) in [5.41, 5.74) is 0. The molecule has 0 radical (unpaired) electrons. The van der Waals surface area contributed by atoms with Gasteiger partial charge in [0.15, 0.2) is 0 Å². The van der Waals surface area contributed by atoms with Crippen molar-refractivity contribution in [2.24, 2.45) is 0 Å². The first kappa shape index (κ1) is 10.9. The SMILES string of the molecule is CC(C)N(O)C1CCC(F)(F)CC1. The van der Waals surface area contributed by atoms with Crippen LogP contribution in [-0.2, 0) is 0 Å². The van der Waals surface area contributed by atoms with Crippen LogP contribution in [0.4, 0.5) is 8.78 Å². The molecule has 0 heterocycles. The Morgan fingerprint density at radius 2 is 1.77 bits per heavy atom. The summed E-state index contributed by atoms with van der Waals surface area (Å²) in [5.74, 6) is -2.51. The third-order valence-electron chi connectivity index (χ3n) is 2.59. The fourth-order valence-electron chi connectivity index (χ4n) is 1.71. The summed E-state index contributed by atoms with van der Waals surface area (Å²) >= 11 is 0. The van der Waals surface area contributed by atoms with Crippen LogP contribution in [-0.4, -0.2) is 28.3 Å². The maximum Gasteiger partial charge on any atom is 0.248 e. The van der Waals surface area contributed by atoms with Gasteiger partial charge < -0.3 is 5.21 Å². The van der Waals surface area contributed by atoms with Gasteiger partial charge in [-0.15, -0.1) is 0 Å². The van der Waals surface area contributed by atoms with E-state index in [0.717, 1.165) is 0 Å². The van der Waals surface area contributed by atoms with E-state index in [1.54, 1.807) is 0 Å². The highest BCUT2D eigenvalue weighted by atomic mass is 19.3. The molecule has 78 valence electrons. The Bertz CT molecular complexity index is 163. The van der Waals surface area contributed by atoms with Crippen LogP contribution in [0.1, 0.15) is 39.5 Å². The second-order valence-corrected chi connectivity index (χ2v) is 4.06. The average Bonchev–Trinajstić information content (AvgIpc) is 2.03. The van der Waals surface area contributed by atoms with Crippen LogP contribution in [0.2, 0.25) is 0 Å². The molecule has 0 aromatic heterocycles. The Morgan fingerprint density at radius 3 is 2.15 bits per heavy atom. The minimum atomic E-state index is -2.51. The van der Waals surface area contributed by atoms with E-state index in [9.17, 15) is 14.0 Å². The van der Waals surface area contributed by atoms with Gasteiger partial charge >= 0.3 is 0 Å². The van der Waals surface area contributed by atoms with Gasteiger partial charge in [-0.25, -0.2) is 8.78 Å². The van der Waals surface area contributed by atoms with Crippen LogP contribution < -0.4 is 0 Å².